The zero-order valence-electron chi connectivity index (χ0n) is 12.8. The maximum absolute atomic E-state index is 13.8. The van der Waals surface area contributed by atoms with E-state index in [1.165, 1.54) is 20.0 Å². The van der Waals surface area contributed by atoms with Crippen LogP contribution in [0.25, 0.3) is 0 Å². The highest BCUT2D eigenvalue weighted by Gasteiger charge is 2.47. The first-order chi connectivity index (χ1) is 10.0. The molecule has 1 aliphatic rings. The van der Waals surface area contributed by atoms with Gasteiger partial charge in [0.05, 0.1) is 16.8 Å². The summed E-state index contributed by atoms with van der Waals surface area (Å²) in [7, 11) is -2.22. The summed E-state index contributed by atoms with van der Waals surface area (Å²) in [5.74, 6) is -0.549. The van der Waals surface area contributed by atoms with Gasteiger partial charge >= 0.3 is 0 Å². The molecule has 0 spiro atoms. The molecule has 2 rings (SSSR count). The van der Waals surface area contributed by atoms with Gasteiger partial charge in [-0.15, -0.1) is 0 Å². The predicted octanol–water partition coefficient (Wildman–Crippen LogP) is 2.33. The Hall–Kier alpha value is -0.890. The monoisotopic (exact) mass is 351 g/mol. The fourth-order valence-corrected chi connectivity index (χ4v) is 3.66. The minimum absolute atomic E-state index is 0.120. The van der Waals surface area contributed by atoms with Crippen molar-refractivity contribution in [2.75, 3.05) is 12.8 Å². The number of benzene rings is 1. The van der Waals surface area contributed by atoms with Crippen molar-refractivity contribution in [2.45, 2.75) is 38.5 Å². The molecule has 0 amide bonds. The molecule has 0 bridgehead atoms. The lowest BCUT2D eigenvalue weighted by molar-refractivity contribution is -0.0764. The minimum Gasteiger partial charge on any atom is -0.485 e. The molecule has 5 nitrogen and oxygen atoms in total. The fourth-order valence-electron chi connectivity index (χ4n) is 2.53. The summed E-state index contributed by atoms with van der Waals surface area (Å²) in [5, 5.41) is 10.4. The standard InChI is InChI=1S/C14H19ClFNO4S/c1-5-22(19,20)17(4)12-8-6-10(16)9(15)7-11(8)21-14(2,3)13(12)18/h6-7,12-13,18H,5H2,1-4H3. The van der Waals surface area contributed by atoms with Gasteiger partial charge in [-0.1, -0.05) is 11.6 Å². The van der Waals surface area contributed by atoms with Gasteiger partial charge in [-0.3, -0.25) is 0 Å². The van der Waals surface area contributed by atoms with E-state index in [0.29, 0.717) is 0 Å². The Balaban J connectivity index is 2.65. The van der Waals surface area contributed by atoms with Gasteiger partial charge in [0.25, 0.3) is 0 Å². The van der Waals surface area contributed by atoms with E-state index < -0.39 is 33.6 Å². The highest BCUT2D eigenvalue weighted by Crippen LogP contribution is 2.44. The normalized spacial score (nSPS) is 24.0. The lowest BCUT2D eigenvalue weighted by Crippen LogP contribution is -2.54. The van der Waals surface area contributed by atoms with Crippen molar-refractivity contribution in [3.63, 3.8) is 0 Å². The summed E-state index contributed by atoms with van der Waals surface area (Å²) < 4.78 is 44.9. The second-order valence-electron chi connectivity index (χ2n) is 5.82. The SMILES string of the molecule is CCS(=O)(=O)N(C)C1c2cc(F)c(Cl)cc2OC(C)(C)C1O. The first-order valence-electron chi connectivity index (χ1n) is 6.83. The number of aliphatic hydroxyl groups is 1. The summed E-state index contributed by atoms with van der Waals surface area (Å²) in [6.45, 7) is 4.78. The van der Waals surface area contributed by atoms with Crippen LogP contribution in [0.1, 0.15) is 32.4 Å². The van der Waals surface area contributed by atoms with E-state index in [4.69, 9.17) is 16.3 Å². The second kappa shape index (κ2) is 5.63. The molecule has 2 unspecified atom stereocenters. The minimum atomic E-state index is -3.58. The largest absolute Gasteiger partial charge is 0.485 e. The molecule has 0 fully saturated rings. The number of fused-ring (bicyclic) bond motifs is 1. The van der Waals surface area contributed by atoms with Crippen LogP contribution in [0.2, 0.25) is 5.02 Å². The number of halogens is 2. The number of ether oxygens (including phenoxy) is 1. The van der Waals surface area contributed by atoms with E-state index in [0.717, 1.165) is 10.4 Å². The van der Waals surface area contributed by atoms with Crippen LogP contribution in [0.5, 0.6) is 5.75 Å². The van der Waals surface area contributed by atoms with E-state index >= 15 is 0 Å². The predicted molar refractivity (Wildman–Crippen MR) is 82.1 cm³/mol. The van der Waals surface area contributed by atoms with Crippen molar-refractivity contribution in [1.82, 2.24) is 4.31 Å². The average molecular weight is 352 g/mol. The Labute approximate surface area is 134 Å². The summed E-state index contributed by atoms with van der Waals surface area (Å²) >= 11 is 5.77. The molecule has 2 atom stereocenters. The third-order valence-electron chi connectivity index (χ3n) is 3.95. The molecule has 1 heterocycles. The second-order valence-corrected chi connectivity index (χ2v) is 8.54. The first-order valence-corrected chi connectivity index (χ1v) is 8.81. The van der Waals surface area contributed by atoms with Crippen molar-refractivity contribution in [3.8, 4) is 5.75 Å². The smallest absolute Gasteiger partial charge is 0.214 e. The molecule has 0 saturated carbocycles. The number of hydrogen-bond acceptors (Lipinski definition) is 4. The number of sulfonamides is 1. The first kappa shape index (κ1) is 17.5. The zero-order chi connectivity index (χ0) is 16.9. The molecule has 0 saturated heterocycles. The van der Waals surface area contributed by atoms with E-state index in [1.807, 2.05) is 0 Å². The van der Waals surface area contributed by atoms with Gasteiger partial charge in [0, 0.05) is 18.7 Å². The average Bonchev–Trinajstić information content (AvgIpc) is 2.42. The van der Waals surface area contributed by atoms with Crippen molar-refractivity contribution >= 4 is 21.6 Å². The van der Waals surface area contributed by atoms with Crippen LogP contribution < -0.4 is 4.74 Å². The van der Waals surface area contributed by atoms with Crippen LogP contribution >= 0.6 is 11.6 Å². The number of aliphatic hydroxyl groups excluding tert-OH is 1. The Morgan fingerprint density at radius 1 is 1.45 bits per heavy atom. The summed E-state index contributed by atoms with van der Waals surface area (Å²) in [5.41, 5.74) is -0.788. The van der Waals surface area contributed by atoms with Gasteiger partial charge in [0.15, 0.2) is 0 Å². The van der Waals surface area contributed by atoms with Crippen LogP contribution in [-0.2, 0) is 10.0 Å². The molecule has 1 N–H and O–H groups in total. The molecular weight excluding hydrogens is 333 g/mol. The van der Waals surface area contributed by atoms with Crippen molar-refractivity contribution < 1.29 is 22.7 Å². The topological polar surface area (TPSA) is 66.8 Å². The number of rotatable bonds is 3. The molecule has 124 valence electrons. The highest BCUT2D eigenvalue weighted by molar-refractivity contribution is 7.89. The molecule has 0 aliphatic carbocycles. The zero-order valence-corrected chi connectivity index (χ0v) is 14.4. The third-order valence-corrected chi connectivity index (χ3v) is 6.07. The van der Waals surface area contributed by atoms with Gasteiger partial charge in [-0.05, 0) is 26.8 Å². The van der Waals surface area contributed by atoms with E-state index in [2.05, 4.69) is 0 Å². The van der Waals surface area contributed by atoms with Crippen molar-refractivity contribution in [1.29, 1.82) is 0 Å². The maximum Gasteiger partial charge on any atom is 0.214 e. The van der Waals surface area contributed by atoms with Crippen LogP contribution in [0, 0.1) is 5.82 Å². The molecule has 22 heavy (non-hydrogen) atoms. The summed E-state index contributed by atoms with van der Waals surface area (Å²) in [6.07, 6.45) is -1.16. The van der Waals surface area contributed by atoms with Crippen LogP contribution in [0.4, 0.5) is 4.39 Å². The number of hydrogen-bond donors (Lipinski definition) is 1. The molecule has 0 aromatic heterocycles. The third kappa shape index (κ3) is 2.82. The molecule has 8 heteroatoms. The van der Waals surface area contributed by atoms with E-state index in [1.54, 1.807) is 13.8 Å². The Morgan fingerprint density at radius 2 is 2.05 bits per heavy atom. The van der Waals surface area contributed by atoms with Crippen molar-refractivity contribution in [3.05, 3.63) is 28.5 Å². The van der Waals surface area contributed by atoms with Crippen LogP contribution in [0.3, 0.4) is 0 Å². The van der Waals surface area contributed by atoms with Crippen molar-refractivity contribution in [2.24, 2.45) is 0 Å². The number of nitrogens with zero attached hydrogens (tertiary/aromatic N) is 1. The fraction of sp³-hybridized carbons (Fsp3) is 0.571. The van der Waals surface area contributed by atoms with Crippen LogP contribution in [-0.4, -0.2) is 42.3 Å². The van der Waals surface area contributed by atoms with Gasteiger partial charge in [0.1, 0.15) is 23.3 Å². The maximum atomic E-state index is 13.8. The lowest BCUT2D eigenvalue weighted by Gasteiger charge is -2.44. The lowest BCUT2D eigenvalue weighted by atomic mass is 9.86. The molecule has 1 aromatic carbocycles. The molecular formula is C14H19ClFNO4S. The molecule has 1 aliphatic heterocycles. The Bertz CT molecular complexity index is 692. The Morgan fingerprint density at radius 3 is 2.59 bits per heavy atom. The van der Waals surface area contributed by atoms with E-state index in [9.17, 15) is 17.9 Å². The van der Waals surface area contributed by atoms with Crippen LogP contribution in [0.15, 0.2) is 12.1 Å². The summed E-state index contributed by atoms with van der Waals surface area (Å²) in [4.78, 5) is 0. The summed E-state index contributed by atoms with van der Waals surface area (Å²) in [6, 6.07) is 1.47. The molecule has 0 radical (unpaired) electrons. The van der Waals surface area contributed by atoms with Gasteiger partial charge in [-0.25, -0.2) is 12.8 Å². The molecule has 1 aromatic rings. The van der Waals surface area contributed by atoms with E-state index in [-0.39, 0.29) is 22.1 Å². The number of likely N-dealkylation sites (N-methyl/N-ethyl adjacent to an activating group) is 1. The quantitative estimate of drug-likeness (QED) is 0.907. The van der Waals surface area contributed by atoms with Gasteiger partial charge in [-0.2, -0.15) is 4.31 Å². The Kier molecular flexibility index (Phi) is 4.47. The van der Waals surface area contributed by atoms with Gasteiger partial charge in [0.2, 0.25) is 10.0 Å². The van der Waals surface area contributed by atoms with Gasteiger partial charge < -0.3 is 9.84 Å². The highest BCUT2D eigenvalue weighted by atomic mass is 35.5.